The maximum Gasteiger partial charge on any atom is 0.414 e. The smallest absolute Gasteiger partial charge is 0.414 e. The van der Waals surface area contributed by atoms with Crippen molar-refractivity contribution in [3.8, 4) is 0 Å². The van der Waals surface area contributed by atoms with Crippen LogP contribution in [-0.2, 0) is 25.7 Å². The highest BCUT2D eigenvalue weighted by Crippen LogP contribution is 2.35. The number of Topliss-reactive ketones (excluding diaryl/α,β-unsaturated/α-hetero) is 1. The van der Waals surface area contributed by atoms with Crippen molar-refractivity contribution in [2.24, 2.45) is 17.8 Å². The highest BCUT2D eigenvalue weighted by molar-refractivity contribution is 6.18. The van der Waals surface area contributed by atoms with Crippen LogP contribution in [0.1, 0.15) is 52.0 Å². The van der Waals surface area contributed by atoms with Gasteiger partial charge < -0.3 is 9.47 Å². The first-order valence-corrected chi connectivity index (χ1v) is 10.8. The fourth-order valence-corrected chi connectivity index (χ4v) is 4.21. The molecule has 1 fully saturated rings. The summed E-state index contributed by atoms with van der Waals surface area (Å²) in [5, 5.41) is 0. The molecule has 3 atom stereocenters. The van der Waals surface area contributed by atoms with Crippen LogP contribution in [0.4, 0.5) is 4.79 Å². The molecule has 1 aliphatic heterocycles. The third kappa shape index (κ3) is 5.49. The Morgan fingerprint density at radius 2 is 1.90 bits per heavy atom. The molecule has 1 heterocycles. The first-order valence-electron chi connectivity index (χ1n) is 10.8. The second-order valence-corrected chi connectivity index (χ2v) is 8.72. The van der Waals surface area contributed by atoms with Crippen LogP contribution in [0.15, 0.2) is 42.1 Å². The van der Waals surface area contributed by atoms with Gasteiger partial charge >= 0.3 is 12.1 Å². The zero-order valence-electron chi connectivity index (χ0n) is 18.0. The number of esters is 1. The van der Waals surface area contributed by atoms with E-state index in [4.69, 9.17) is 9.47 Å². The van der Waals surface area contributed by atoms with Crippen molar-refractivity contribution in [1.82, 2.24) is 4.90 Å². The topological polar surface area (TPSA) is 72.9 Å². The molecule has 2 aliphatic rings. The first kappa shape index (κ1) is 22.1. The predicted octanol–water partition coefficient (Wildman–Crippen LogP) is 4.49. The molecule has 1 amide bonds. The first-order chi connectivity index (χ1) is 14.3. The van der Waals surface area contributed by atoms with Gasteiger partial charge in [-0.25, -0.2) is 9.59 Å². The molecule has 1 aliphatic carbocycles. The number of rotatable bonds is 5. The van der Waals surface area contributed by atoms with Gasteiger partial charge in [0.2, 0.25) is 0 Å². The van der Waals surface area contributed by atoms with Gasteiger partial charge in [-0.2, -0.15) is 0 Å². The van der Waals surface area contributed by atoms with Gasteiger partial charge in [-0.3, -0.25) is 9.69 Å². The molecule has 6 heteroatoms. The van der Waals surface area contributed by atoms with E-state index < -0.39 is 12.1 Å². The standard InChI is InChI=1S/C24H31NO5/c1-16(2)19-10-9-17(3)13-22(19)30-23(27)20-14-25(12-11-21(20)26)24(28)29-15-18-7-5-4-6-8-18/h4-8,14,16-17,19,22H,9-13,15H2,1-3H3/t17-,19+,22-/m0/s1. The average molecular weight is 414 g/mol. The number of benzene rings is 1. The Kier molecular flexibility index (Phi) is 7.29. The normalized spacial score (nSPS) is 24.4. The van der Waals surface area contributed by atoms with Crippen LogP contribution < -0.4 is 0 Å². The number of ketones is 1. The lowest BCUT2D eigenvalue weighted by molar-refractivity contribution is -0.152. The number of carbonyl (C=O) groups excluding carboxylic acids is 3. The molecule has 0 radical (unpaired) electrons. The average Bonchev–Trinajstić information content (AvgIpc) is 2.73. The second-order valence-electron chi connectivity index (χ2n) is 8.72. The summed E-state index contributed by atoms with van der Waals surface area (Å²) < 4.78 is 11.1. The lowest BCUT2D eigenvalue weighted by Crippen LogP contribution is -2.39. The summed E-state index contributed by atoms with van der Waals surface area (Å²) in [4.78, 5) is 38.9. The van der Waals surface area contributed by atoms with Gasteiger partial charge in [0.1, 0.15) is 18.3 Å². The van der Waals surface area contributed by atoms with Crippen molar-refractivity contribution in [3.63, 3.8) is 0 Å². The van der Waals surface area contributed by atoms with Crippen molar-refractivity contribution in [2.45, 2.75) is 59.2 Å². The van der Waals surface area contributed by atoms with Crippen molar-refractivity contribution >= 4 is 17.8 Å². The SMILES string of the molecule is CC(C)[C@H]1CC[C@H](C)C[C@@H]1OC(=O)C1=CN(C(=O)OCc2ccccc2)CCC1=O. The molecule has 0 aromatic heterocycles. The van der Waals surface area contributed by atoms with Gasteiger partial charge in [0.05, 0.1) is 0 Å². The lowest BCUT2D eigenvalue weighted by Gasteiger charge is -2.37. The number of hydrogen-bond donors (Lipinski definition) is 0. The summed E-state index contributed by atoms with van der Waals surface area (Å²) in [5.41, 5.74) is 0.798. The molecule has 1 saturated carbocycles. The Bertz CT molecular complexity index is 801. The number of carbonyl (C=O) groups is 3. The van der Waals surface area contributed by atoms with E-state index in [0.717, 1.165) is 24.8 Å². The van der Waals surface area contributed by atoms with E-state index in [1.54, 1.807) is 0 Å². The molecule has 0 unspecified atom stereocenters. The Morgan fingerprint density at radius 1 is 1.17 bits per heavy atom. The fourth-order valence-electron chi connectivity index (χ4n) is 4.21. The Labute approximate surface area is 178 Å². The zero-order valence-corrected chi connectivity index (χ0v) is 18.0. The molecule has 30 heavy (non-hydrogen) atoms. The van der Waals surface area contributed by atoms with E-state index in [1.165, 1.54) is 11.1 Å². The van der Waals surface area contributed by atoms with E-state index in [1.807, 2.05) is 30.3 Å². The van der Waals surface area contributed by atoms with Gasteiger partial charge in [0.25, 0.3) is 0 Å². The zero-order chi connectivity index (χ0) is 21.7. The van der Waals surface area contributed by atoms with Crippen molar-refractivity contribution in [1.29, 1.82) is 0 Å². The van der Waals surface area contributed by atoms with Crippen molar-refractivity contribution in [2.75, 3.05) is 6.54 Å². The lowest BCUT2D eigenvalue weighted by atomic mass is 9.75. The van der Waals surface area contributed by atoms with E-state index in [9.17, 15) is 14.4 Å². The van der Waals surface area contributed by atoms with Crippen LogP contribution in [0.3, 0.4) is 0 Å². The van der Waals surface area contributed by atoms with Gasteiger partial charge in [-0.05, 0) is 36.2 Å². The van der Waals surface area contributed by atoms with Gasteiger partial charge in [0, 0.05) is 19.2 Å². The summed E-state index contributed by atoms with van der Waals surface area (Å²) in [6.07, 6.45) is 3.53. The van der Waals surface area contributed by atoms with Gasteiger partial charge in [-0.1, -0.05) is 57.5 Å². The maximum absolute atomic E-state index is 12.8. The minimum absolute atomic E-state index is 0.0707. The predicted molar refractivity (Wildman–Crippen MR) is 112 cm³/mol. The highest BCUT2D eigenvalue weighted by atomic mass is 16.6. The summed E-state index contributed by atoms with van der Waals surface area (Å²) >= 11 is 0. The number of ether oxygens (including phenoxy) is 2. The summed E-state index contributed by atoms with van der Waals surface area (Å²) in [6, 6.07) is 9.35. The van der Waals surface area contributed by atoms with Crippen molar-refractivity contribution < 1.29 is 23.9 Å². The molecule has 0 N–H and O–H groups in total. The van der Waals surface area contributed by atoms with E-state index >= 15 is 0 Å². The van der Waals surface area contributed by atoms with E-state index in [2.05, 4.69) is 20.8 Å². The fraction of sp³-hybridized carbons (Fsp3) is 0.542. The molecule has 0 bridgehead atoms. The van der Waals surface area contributed by atoms with Gasteiger partial charge in [0.15, 0.2) is 5.78 Å². The van der Waals surface area contributed by atoms with Crippen LogP contribution in [0.25, 0.3) is 0 Å². The van der Waals surface area contributed by atoms with Crippen LogP contribution in [0, 0.1) is 17.8 Å². The molecule has 162 valence electrons. The molecule has 1 aromatic carbocycles. The summed E-state index contributed by atoms with van der Waals surface area (Å²) in [5.74, 6) is 0.243. The molecule has 0 spiro atoms. The quantitative estimate of drug-likeness (QED) is 0.525. The maximum atomic E-state index is 12.8. The van der Waals surface area contributed by atoms with Crippen LogP contribution in [-0.4, -0.2) is 35.4 Å². The molecule has 6 nitrogen and oxygen atoms in total. The largest absolute Gasteiger partial charge is 0.458 e. The highest BCUT2D eigenvalue weighted by Gasteiger charge is 2.36. The summed E-state index contributed by atoms with van der Waals surface area (Å²) in [7, 11) is 0. The molecular formula is C24H31NO5. The van der Waals surface area contributed by atoms with E-state index in [-0.39, 0.29) is 43.0 Å². The van der Waals surface area contributed by atoms with Crippen LogP contribution in [0.5, 0.6) is 0 Å². The molecule has 0 saturated heterocycles. The monoisotopic (exact) mass is 413 g/mol. The Balaban J connectivity index is 1.65. The second kappa shape index (κ2) is 9.92. The third-order valence-corrected chi connectivity index (χ3v) is 6.04. The van der Waals surface area contributed by atoms with Crippen molar-refractivity contribution in [3.05, 3.63) is 47.7 Å². The minimum atomic E-state index is -0.634. The number of hydrogen-bond acceptors (Lipinski definition) is 5. The number of nitrogens with zero attached hydrogens (tertiary/aromatic N) is 1. The van der Waals surface area contributed by atoms with E-state index in [0.29, 0.717) is 11.8 Å². The molecule has 1 aromatic rings. The minimum Gasteiger partial charge on any atom is -0.458 e. The molecule has 3 rings (SSSR count). The third-order valence-electron chi connectivity index (χ3n) is 6.04. The number of amides is 1. The Hall–Kier alpha value is -2.63. The summed E-state index contributed by atoms with van der Waals surface area (Å²) in [6.45, 7) is 6.76. The van der Waals surface area contributed by atoms with Gasteiger partial charge in [-0.15, -0.1) is 0 Å². The van der Waals surface area contributed by atoms with Crippen LogP contribution in [0.2, 0.25) is 0 Å². The van der Waals surface area contributed by atoms with Crippen LogP contribution >= 0.6 is 0 Å². The Morgan fingerprint density at radius 3 is 2.60 bits per heavy atom. The molecular weight excluding hydrogens is 382 g/mol.